The number of unbranched alkanes of at least 4 members (excludes halogenated alkanes) is 8. The molecular weight excluding hydrogens is 745 g/mol. The van der Waals surface area contributed by atoms with E-state index < -0.39 is 18.1 Å². The molecular formula is C56H86OSi2. The molecule has 0 saturated heterocycles. The standard InChI is InChI=1S/C56H86OSi2/c1-9-17-29-45-37-25-38-46(30-18-10-2)53(45)58(54-47(31-19-11-3)39-26-40-48(54)32-20-12-4)57-59(55-49(33-21-13-5)41-27-42-50(55)34-22-14-6)56-51(35-23-15-7)43-28-44-52(56)36-24-16-8/h25-28,37-44,58-59H,9-24,29-36H2,1-8H3. The van der Waals surface area contributed by atoms with Crippen molar-refractivity contribution in [3.05, 3.63) is 117 Å². The van der Waals surface area contributed by atoms with E-state index in [0.717, 1.165) is 51.4 Å². The number of hydrogen-bond acceptors (Lipinski definition) is 1. The summed E-state index contributed by atoms with van der Waals surface area (Å²) in [4.78, 5) is 0. The van der Waals surface area contributed by atoms with Gasteiger partial charge in [-0.25, -0.2) is 0 Å². The maximum atomic E-state index is 8.84. The predicted octanol–water partition coefficient (Wildman–Crippen LogP) is 12.8. The number of rotatable bonds is 30. The molecule has 0 aromatic heterocycles. The molecule has 0 bridgehead atoms. The third-order valence-corrected chi connectivity index (χ3v) is 20.1. The van der Waals surface area contributed by atoms with Crippen LogP contribution >= 0.6 is 0 Å². The Morgan fingerprint density at radius 1 is 0.271 bits per heavy atom. The van der Waals surface area contributed by atoms with Gasteiger partial charge in [-0.2, -0.15) is 0 Å². The van der Waals surface area contributed by atoms with Crippen molar-refractivity contribution >= 4 is 38.8 Å². The van der Waals surface area contributed by atoms with Crippen molar-refractivity contribution < 1.29 is 4.12 Å². The molecule has 0 atom stereocenters. The van der Waals surface area contributed by atoms with E-state index in [1.807, 2.05) is 0 Å². The molecule has 0 saturated carbocycles. The van der Waals surface area contributed by atoms with E-state index in [2.05, 4.69) is 128 Å². The topological polar surface area (TPSA) is 9.23 Å². The maximum Gasteiger partial charge on any atom is 0.229 e. The predicted molar refractivity (Wildman–Crippen MR) is 269 cm³/mol. The highest BCUT2D eigenvalue weighted by molar-refractivity contribution is 6.93. The van der Waals surface area contributed by atoms with Crippen LogP contribution in [0, 0.1) is 0 Å². The molecule has 0 amide bonds. The van der Waals surface area contributed by atoms with E-state index >= 15 is 0 Å². The summed E-state index contributed by atoms with van der Waals surface area (Å²) in [6.07, 6.45) is 28.8. The zero-order valence-corrected chi connectivity index (χ0v) is 41.8. The zero-order valence-electron chi connectivity index (χ0n) is 39.5. The Labute approximate surface area is 368 Å². The molecule has 4 aromatic rings. The fourth-order valence-electron chi connectivity index (χ4n) is 9.39. The lowest BCUT2D eigenvalue weighted by Gasteiger charge is -2.34. The van der Waals surface area contributed by atoms with Crippen molar-refractivity contribution in [3.8, 4) is 0 Å². The molecule has 0 radical (unpaired) electrons. The van der Waals surface area contributed by atoms with Gasteiger partial charge in [-0.15, -0.1) is 0 Å². The first-order chi connectivity index (χ1) is 29.0. The molecule has 0 unspecified atom stereocenters. The number of benzene rings is 4. The second kappa shape index (κ2) is 28.0. The minimum atomic E-state index is -2.31. The molecule has 324 valence electrons. The molecule has 0 aliphatic carbocycles. The second-order valence-corrected chi connectivity index (χ2v) is 22.6. The van der Waals surface area contributed by atoms with Crippen LogP contribution in [0.4, 0.5) is 0 Å². The molecule has 0 aliphatic heterocycles. The number of aryl methyl sites for hydroxylation is 8. The van der Waals surface area contributed by atoms with E-state index in [0.29, 0.717) is 0 Å². The van der Waals surface area contributed by atoms with Gasteiger partial charge in [-0.3, -0.25) is 0 Å². The Balaban J connectivity index is 2.24. The minimum Gasteiger partial charge on any atom is -0.446 e. The molecule has 4 rings (SSSR count). The van der Waals surface area contributed by atoms with Gasteiger partial charge in [0.25, 0.3) is 0 Å². The summed E-state index contributed by atoms with van der Waals surface area (Å²) in [6, 6.07) is 29.7. The molecule has 0 aliphatic rings. The zero-order chi connectivity index (χ0) is 42.2. The van der Waals surface area contributed by atoms with E-state index in [9.17, 15) is 0 Å². The molecule has 0 fully saturated rings. The van der Waals surface area contributed by atoms with Gasteiger partial charge in [0.1, 0.15) is 0 Å². The molecule has 1 nitrogen and oxygen atoms in total. The van der Waals surface area contributed by atoms with Crippen molar-refractivity contribution in [2.24, 2.45) is 0 Å². The second-order valence-electron chi connectivity index (χ2n) is 17.7. The Kier molecular flexibility index (Phi) is 23.2. The van der Waals surface area contributed by atoms with Gasteiger partial charge in [0.2, 0.25) is 18.1 Å². The highest BCUT2D eigenvalue weighted by Crippen LogP contribution is 2.22. The van der Waals surface area contributed by atoms with Crippen LogP contribution in [-0.4, -0.2) is 18.1 Å². The first kappa shape index (κ1) is 48.9. The van der Waals surface area contributed by atoms with E-state index in [4.69, 9.17) is 4.12 Å². The van der Waals surface area contributed by atoms with Crippen LogP contribution in [0.2, 0.25) is 0 Å². The summed E-state index contributed by atoms with van der Waals surface area (Å²) >= 11 is 0. The van der Waals surface area contributed by atoms with Gasteiger partial charge < -0.3 is 4.12 Å². The van der Waals surface area contributed by atoms with Gasteiger partial charge >= 0.3 is 0 Å². The Bertz CT molecular complexity index is 1410. The van der Waals surface area contributed by atoms with Crippen molar-refractivity contribution in [2.45, 2.75) is 209 Å². The first-order valence-electron chi connectivity index (χ1n) is 25.1. The van der Waals surface area contributed by atoms with Crippen LogP contribution in [0.25, 0.3) is 0 Å². The van der Waals surface area contributed by atoms with Crippen LogP contribution in [0.1, 0.15) is 203 Å². The molecule has 4 aromatic carbocycles. The van der Waals surface area contributed by atoms with E-state index in [1.165, 1.54) is 103 Å². The van der Waals surface area contributed by atoms with Crippen molar-refractivity contribution in [1.29, 1.82) is 0 Å². The minimum absolute atomic E-state index is 1.15. The van der Waals surface area contributed by atoms with Gasteiger partial charge in [-0.05, 0) is 168 Å². The molecule has 0 spiro atoms. The summed E-state index contributed by atoms with van der Waals surface area (Å²) in [6.45, 7) is 19.0. The average Bonchev–Trinajstić information content (AvgIpc) is 3.26. The third kappa shape index (κ3) is 14.2. The number of hydrogen-bond donors (Lipinski definition) is 0. The van der Waals surface area contributed by atoms with Gasteiger partial charge in [0.05, 0.1) is 0 Å². The van der Waals surface area contributed by atoms with Crippen LogP contribution in [0.5, 0.6) is 0 Å². The van der Waals surface area contributed by atoms with Crippen LogP contribution < -0.4 is 20.7 Å². The molecule has 3 heteroatoms. The first-order valence-corrected chi connectivity index (χ1v) is 28.3. The van der Waals surface area contributed by atoms with Gasteiger partial charge in [-0.1, -0.05) is 180 Å². The van der Waals surface area contributed by atoms with Crippen molar-refractivity contribution in [2.75, 3.05) is 0 Å². The lowest BCUT2D eigenvalue weighted by Crippen LogP contribution is -2.61. The molecule has 0 heterocycles. The fraction of sp³-hybridized carbons (Fsp3) is 0.571. The van der Waals surface area contributed by atoms with Crippen LogP contribution in [0.3, 0.4) is 0 Å². The molecule has 59 heavy (non-hydrogen) atoms. The monoisotopic (exact) mass is 831 g/mol. The van der Waals surface area contributed by atoms with E-state index in [-0.39, 0.29) is 0 Å². The van der Waals surface area contributed by atoms with Crippen LogP contribution in [0.15, 0.2) is 72.8 Å². The Morgan fingerprint density at radius 3 is 0.559 bits per heavy atom. The quantitative estimate of drug-likeness (QED) is 0.0476. The van der Waals surface area contributed by atoms with Crippen molar-refractivity contribution in [1.82, 2.24) is 0 Å². The maximum absolute atomic E-state index is 8.84. The Hall–Kier alpha value is -2.73. The van der Waals surface area contributed by atoms with Crippen molar-refractivity contribution in [3.63, 3.8) is 0 Å². The summed E-state index contributed by atoms with van der Waals surface area (Å²) in [5, 5.41) is 6.65. The normalized spacial score (nSPS) is 11.7. The van der Waals surface area contributed by atoms with Gasteiger partial charge in [0.15, 0.2) is 0 Å². The lowest BCUT2D eigenvalue weighted by atomic mass is 10.0. The molecule has 0 N–H and O–H groups in total. The summed E-state index contributed by atoms with van der Waals surface area (Å²) in [5.41, 5.74) is 12.7. The highest BCUT2D eigenvalue weighted by Gasteiger charge is 2.36. The fourth-order valence-corrected chi connectivity index (χ4v) is 17.9. The van der Waals surface area contributed by atoms with Gasteiger partial charge in [0, 0.05) is 0 Å². The SMILES string of the molecule is CCCCc1cccc(CCCC)c1[SiH](O[SiH](c1c(CCCC)cccc1CCCC)c1c(CCCC)cccc1CCCC)c1c(CCCC)cccc1CCCC. The van der Waals surface area contributed by atoms with Crippen LogP contribution in [-0.2, 0) is 55.5 Å². The smallest absolute Gasteiger partial charge is 0.229 e. The summed E-state index contributed by atoms with van der Waals surface area (Å²) in [5.74, 6) is 0. The van der Waals surface area contributed by atoms with E-state index in [1.54, 1.807) is 65.3 Å². The summed E-state index contributed by atoms with van der Waals surface area (Å²) < 4.78 is 8.84. The highest BCUT2D eigenvalue weighted by atomic mass is 28.4. The summed E-state index contributed by atoms with van der Waals surface area (Å²) in [7, 11) is -4.61. The average molecular weight is 831 g/mol. The lowest BCUT2D eigenvalue weighted by molar-refractivity contribution is 0.626. The largest absolute Gasteiger partial charge is 0.446 e. The third-order valence-electron chi connectivity index (χ3n) is 12.9. The Morgan fingerprint density at radius 2 is 0.424 bits per heavy atom.